The zero-order valence-electron chi connectivity index (χ0n) is 24.4. The molecule has 2 N–H and O–H groups in total. The molecule has 2 aromatic carbocycles. The van der Waals surface area contributed by atoms with Crippen LogP contribution in [-0.4, -0.2) is 81.3 Å². The van der Waals surface area contributed by atoms with Gasteiger partial charge in [0.25, 0.3) is 0 Å². The number of hydrogen-bond donors (Lipinski definition) is 2. The summed E-state index contributed by atoms with van der Waals surface area (Å²) in [6.07, 6.45) is 1.13. The quantitative estimate of drug-likeness (QED) is 0.403. The van der Waals surface area contributed by atoms with Crippen LogP contribution in [0.5, 0.6) is 17.2 Å². The van der Waals surface area contributed by atoms with Crippen molar-refractivity contribution in [3.63, 3.8) is 0 Å². The Morgan fingerprint density at radius 2 is 1.71 bits per heavy atom. The van der Waals surface area contributed by atoms with E-state index in [2.05, 4.69) is 4.90 Å². The zero-order valence-corrected chi connectivity index (χ0v) is 24.4. The molecule has 2 aliphatic heterocycles. The Morgan fingerprint density at radius 1 is 1.05 bits per heavy atom. The van der Waals surface area contributed by atoms with Crippen LogP contribution in [0.4, 0.5) is 10.1 Å². The average Bonchev–Trinajstić information content (AvgIpc) is 3.25. The Hall–Kier alpha value is -3.86. The topological polar surface area (TPSA) is 122 Å². The van der Waals surface area contributed by atoms with E-state index in [1.165, 1.54) is 14.2 Å². The number of benzene rings is 2. The number of carboxylic acid groups (broad SMARTS) is 1. The van der Waals surface area contributed by atoms with Crippen LogP contribution < -0.4 is 19.1 Å². The maximum atomic E-state index is 15.2. The molecule has 2 heterocycles. The van der Waals surface area contributed by atoms with E-state index in [0.29, 0.717) is 42.8 Å². The highest BCUT2D eigenvalue weighted by Crippen LogP contribution is 2.42. The molecular weight excluding hydrogens is 533 g/mol. The molecule has 0 bridgehead atoms. The molecule has 0 saturated carbocycles. The number of aliphatic carboxylic acids is 1. The summed E-state index contributed by atoms with van der Waals surface area (Å²) in [7, 11) is 4.37. The van der Waals surface area contributed by atoms with E-state index in [1.54, 1.807) is 18.1 Å². The second-order valence-electron chi connectivity index (χ2n) is 11.3. The molecule has 0 amide bonds. The van der Waals surface area contributed by atoms with Crippen molar-refractivity contribution in [2.24, 2.45) is 0 Å². The van der Waals surface area contributed by atoms with Crippen molar-refractivity contribution >= 4 is 23.3 Å². The van der Waals surface area contributed by atoms with Gasteiger partial charge in [0, 0.05) is 30.8 Å². The number of piperidine rings is 1. The van der Waals surface area contributed by atoms with Gasteiger partial charge in [-0.15, -0.1) is 0 Å². The molecule has 1 saturated heterocycles. The van der Waals surface area contributed by atoms with Crippen LogP contribution >= 0.6 is 0 Å². The van der Waals surface area contributed by atoms with Crippen molar-refractivity contribution in [3.05, 3.63) is 46.3 Å². The molecule has 4 rings (SSSR count). The van der Waals surface area contributed by atoms with Crippen molar-refractivity contribution < 1.29 is 38.0 Å². The molecular formula is C30H38FN3O7. The molecule has 0 atom stereocenters. The Labute approximate surface area is 239 Å². The number of nitrogens with zero attached hydrogens (tertiary/aromatic N) is 2. The number of anilines is 1. The van der Waals surface area contributed by atoms with Crippen LogP contribution in [0, 0.1) is 11.2 Å². The number of rotatable bonds is 10. The fraction of sp³-hybridized carbons (Fsp3) is 0.500. The number of amidine groups is 1. The number of ketones is 1. The van der Waals surface area contributed by atoms with Gasteiger partial charge >= 0.3 is 5.97 Å². The summed E-state index contributed by atoms with van der Waals surface area (Å²) in [6.45, 7) is 7.11. The highest BCUT2D eigenvalue weighted by Gasteiger charge is 2.34. The second kappa shape index (κ2) is 11.9. The van der Waals surface area contributed by atoms with Gasteiger partial charge in [0.1, 0.15) is 18.2 Å². The summed E-state index contributed by atoms with van der Waals surface area (Å²) in [4.78, 5) is 28.3. The molecule has 2 aliphatic rings. The number of methoxy groups -OCH3 is 3. The lowest BCUT2D eigenvalue weighted by atomic mass is 9.84. The van der Waals surface area contributed by atoms with Gasteiger partial charge in [0.15, 0.2) is 23.1 Å². The summed E-state index contributed by atoms with van der Waals surface area (Å²) < 4.78 is 37.0. The summed E-state index contributed by atoms with van der Waals surface area (Å²) in [5.74, 6) is -1.13. The summed E-state index contributed by atoms with van der Waals surface area (Å²) in [6, 6.07) is 5.30. The van der Waals surface area contributed by atoms with Crippen molar-refractivity contribution in [2.45, 2.75) is 51.7 Å². The molecule has 0 spiro atoms. The zero-order chi connectivity index (χ0) is 30.1. The summed E-state index contributed by atoms with van der Waals surface area (Å²) in [5.41, 5.74) is 2.43. The van der Waals surface area contributed by atoms with Gasteiger partial charge in [0.05, 0.1) is 45.2 Å². The van der Waals surface area contributed by atoms with E-state index >= 15 is 4.39 Å². The minimum absolute atomic E-state index is 0.0732. The Morgan fingerprint density at radius 3 is 2.27 bits per heavy atom. The first kappa shape index (κ1) is 30.1. The van der Waals surface area contributed by atoms with Gasteiger partial charge in [-0.3, -0.25) is 10.2 Å². The highest BCUT2D eigenvalue weighted by atomic mass is 19.1. The van der Waals surface area contributed by atoms with Gasteiger partial charge in [-0.2, -0.15) is 0 Å². The van der Waals surface area contributed by atoms with Crippen LogP contribution in [0.2, 0.25) is 0 Å². The third-order valence-corrected chi connectivity index (χ3v) is 7.57. The maximum absolute atomic E-state index is 15.2. The first-order chi connectivity index (χ1) is 19.4. The molecule has 11 heteroatoms. The van der Waals surface area contributed by atoms with E-state index in [9.17, 15) is 9.59 Å². The number of carboxylic acids is 1. The largest absolute Gasteiger partial charge is 0.494 e. The summed E-state index contributed by atoms with van der Waals surface area (Å²) in [5, 5.41) is 17.6. The minimum Gasteiger partial charge on any atom is -0.494 e. The molecule has 41 heavy (non-hydrogen) atoms. The van der Waals surface area contributed by atoms with Crippen molar-refractivity contribution in [2.75, 3.05) is 52.5 Å². The lowest BCUT2D eigenvalue weighted by molar-refractivity contribution is -0.144. The molecule has 0 radical (unpaired) electrons. The van der Waals surface area contributed by atoms with Crippen LogP contribution in [-0.2, 0) is 21.5 Å². The number of halogens is 1. The number of carbonyl (C=O) groups excluding carboxylic acids is 1. The van der Waals surface area contributed by atoms with E-state index in [4.69, 9.17) is 29.5 Å². The average molecular weight is 572 g/mol. The van der Waals surface area contributed by atoms with Gasteiger partial charge in [0.2, 0.25) is 0 Å². The van der Waals surface area contributed by atoms with Gasteiger partial charge < -0.3 is 33.9 Å². The predicted octanol–water partition coefficient (Wildman–Crippen LogP) is 4.24. The van der Waals surface area contributed by atoms with E-state index in [0.717, 1.165) is 11.3 Å². The first-order valence-corrected chi connectivity index (χ1v) is 13.5. The number of hydrogen-bond acceptors (Lipinski definition) is 8. The smallest absolute Gasteiger partial charge is 0.329 e. The Kier molecular flexibility index (Phi) is 8.77. The first-order valence-electron chi connectivity index (χ1n) is 13.5. The summed E-state index contributed by atoms with van der Waals surface area (Å²) >= 11 is 0. The van der Waals surface area contributed by atoms with Gasteiger partial charge in [-0.1, -0.05) is 20.8 Å². The fourth-order valence-electron chi connectivity index (χ4n) is 5.46. The van der Waals surface area contributed by atoms with Gasteiger partial charge in [-0.05, 0) is 42.0 Å². The number of nitrogens with one attached hydrogen (secondary N) is 1. The third kappa shape index (κ3) is 6.09. The SMILES string of the molecule is COc1cc2c(c(F)c1OC)C(=N)N(CC(=O)c1cc(N3CCC(OCC(=O)O)CC3)c(OC)c(C(C)(C)C)c1)C2. The molecule has 1 fully saturated rings. The minimum atomic E-state index is -0.995. The number of Topliss-reactive ketones (excluding diaryl/α,β-unsaturated/α-hetero) is 1. The highest BCUT2D eigenvalue weighted by molar-refractivity contribution is 6.06. The van der Waals surface area contributed by atoms with Gasteiger partial charge in [-0.25, -0.2) is 9.18 Å². The van der Waals surface area contributed by atoms with Crippen LogP contribution in [0.15, 0.2) is 18.2 Å². The number of fused-ring (bicyclic) bond motifs is 1. The molecule has 0 aliphatic carbocycles. The molecule has 0 unspecified atom stereocenters. The van der Waals surface area contributed by atoms with E-state index in [1.807, 2.05) is 32.9 Å². The normalized spacial score (nSPS) is 15.6. The lowest BCUT2D eigenvalue weighted by Gasteiger charge is -2.36. The van der Waals surface area contributed by atoms with Crippen molar-refractivity contribution in [1.29, 1.82) is 5.41 Å². The van der Waals surface area contributed by atoms with Crippen LogP contribution in [0.1, 0.15) is 60.7 Å². The predicted molar refractivity (Wildman–Crippen MR) is 152 cm³/mol. The van der Waals surface area contributed by atoms with E-state index in [-0.39, 0.29) is 59.9 Å². The molecule has 2 aromatic rings. The van der Waals surface area contributed by atoms with Crippen molar-refractivity contribution in [3.8, 4) is 17.2 Å². The molecule has 10 nitrogen and oxygen atoms in total. The molecule has 222 valence electrons. The number of ether oxygens (including phenoxy) is 4. The fourth-order valence-corrected chi connectivity index (χ4v) is 5.46. The Bertz CT molecular complexity index is 1350. The standard InChI is InChI=1S/C30H38FN3O7/c1-30(2,3)20-11-17(12-21(27(20)39-5)33-9-7-19(8-10-33)41-16-24(36)37)22(35)15-34-14-18-13-23(38-4)28(40-6)26(31)25(18)29(34)32/h11-13,19,32H,7-10,14-16H2,1-6H3,(H,36,37). The lowest BCUT2D eigenvalue weighted by Crippen LogP contribution is -2.38. The van der Waals surface area contributed by atoms with Crippen molar-refractivity contribution in [1.82, 2.24) is 4.90 Å². The van der Waals surface area contributed by atoms with Crippen LogP contribution in [0.25, 0.3) is 0 Å². The molecule has 0 aromatic heterocycles. The van der Waals surface area contributed by atoms with E-state index < -0.39 is 11.8 Å². The maximum Gasteiger partial charge on any atom is 0.329 e. The number of carbonyl (C=O) groups is 2. The monoisotopic (exact) mass is 571 g/mol. The second-order valence-corrected chi connectivity index (χ2v) is 11.3. The third-order valence-electron chi connectivity index (χ3n) is 7.57. The van der Waals surface area contributed by atoms with Crippen LogP contribution in [0.3, 0.4) is 0 Å². The Balaban J connectivity index is 1.61.